The van der Waals surface area contributed by atoms with Crippen LogP contribution in [0.3, 0.4) is 0 Å². The Morgan fingerprint density at radius 1 is 1.29 bits per heavy atom. The largest absolute Gasteiger partial charge is 0.329 e. The lowest BCUT2D eigenvalue weighted by atomic mass is 10.1. The maximum absolute atomic E-state index is 11.2. The summed E-state index contributed by atoms with van der Waals surface area (Å²) in [5.41, 5.74) is 0.704. The third-order valence-corrected chi connectivity index (χ3v) is 3.89. The Bertz CT molecular complexity index is 698. The van der Waals surface area contributed by atoms with E-state index in [-0.39, 0.29) is 16.8 Å². The van der Waals surface area contributed by atoms with Crippen molar-refractivity contribution in [3.63, 3.8) is 0 Å². The van der Waals surface area contributed by atoms with E-state index in [1.54, 1.807) is 18.2 Å². The monoisotopic (exact) mass is 347 g/mol. The summed E-state index contributed by atoms with van der Waals surface area (Å²) < 4.78 is 1.31. The summed E-state index contributed by atoms with van der Waals surface area (Å²) in [6.45, 7) is 3.91. The number of aromatic nitrogens is 2. The van der Waals surface area contributed by atoms with Crippen LogP contribution in [0.1, 0.15) is 19.5 Å². The van der Waals surface area contributed by atoms with Gasteiger partial charge in [-0.2, -0.15) is 5.10 Å². The second-order valence-corrected chi connectivity index (χ2v) is 6.12. The molecule has 0 spiro atoms. The first-order valence-corrected chi connectivity index (χ1v) is 7.31. The molecule has 1 aromatic heterocycles. The maximum atomic E-state index is 11.2. The number of rotatable bonds is 4. The molecule has 0 amide bonds. The lowest BCUT2D eigenvalue weighted by Gasteiger charge is -2.04. The Kier molecular flexibility index (Phi) is 4.76. The molecular weight excluding hydrogens is 337 g/mol. The van der Waals surface area contributed by atoms with Gasteiger partial charge in [-0.05, 0) is 24.1 Å². The lowest BCUT2D eigenvalue weighted by molar-refractivity contribution is -0.385. The Labute approximate surface area is 136 Å². The molecule has 0 aliphatic rings. The first-order valence-electron chi connectivity index (χ1n) is 6.18. The molecule has 0 fully saturated rings. The van der Waals surface area contributed by atoms with Gasteiger partial charge < -0.3 is 0 Å². The molecule has 0 radical (unpaired) electrons. The molecule has 0 unspecified atom stereocenters. The van der Waals surface area contributed by atoms with Crippen LogP contribution in [0.25, 0.3) is 5.69 Å². The van der Waals surface area contributed by atoms with Crippen molar-refractivity contribution in [3.05, 3.63) is 49.2 Å². The number of halogens is 3. The fourth-order valence-electron chi connectivity index (χ4n) is 1.92. The normalized spacial score (nSPS) is 11.1. The van der Waals surface area contributed by atoms with Gasteiger partial charge >= 0.3 is 5.69 Å². The van der Waals surface area contributed by atoms with Gasteiger partial charge in [0.05, 0.1) is 20.7 Å². The Hall–Kier alpha value is -1.30. The Morgan fingerprint density at radius 3 is 2.48 bits per heavy atom. The van der Waals surface area contributed by atoms with Crippen LogP contribution >= 0.6 is 34.8 Å². The number of nitro groups is 1. The average molecular weight is 349 g/mol. The highest BCUT2D eigenvalue weighted by atomic mass is 35.5. The molecule has 0 aliphatic carbocycles. The molecule has 8 heteroatoms. The molecule has 21 heavy (non-hydrogen) atoms. The van der Waals surface area contributed by atoms with E-state index in [0.717, 1.165) is 0 Å². The summed E-state index contributed by atoms with van der Waals surface area (Å²) >= 11 is 17.9. The highest BCUT2D eigenvalue weighted by Crippen LogP contribution is 2.33. The van der Waals surface area contributed by atoms with Crippen molar-refractivity contribution >= 4 is 40.5 Å². The standard InChI is InChI=1S/C13H12Cl3N3O2/c1-7(2)5-11-12(19(20)21)13(16)18(17-11)8-3-4-9(14)10(15)6-8/h3-4,6-7H,5H2,1-2H3. The predicted octanol–water partition coefficient (Wildman–Crippen LogP) is 4.94. The van der Waals surface area contributed by atoms with Gasteiger partial charge in [0.15, 0.2) is 0 Å². The van der Waals surface area contributed by atoms with Crippen LogP contribution < -0.4 is 0 Å². The topological polar surface area (TPSA) is 61.0 Å². The third kappa shape index (κ3) is 3.31. The van der Waals surface area contributed by atoms with Crippen LogP contribution in [0.2, 0.25) is 15.2 Å². The van der Waals surface area contributed by atoms with Crippen molar-refractivity contribution in [2.45, 2.75) is 20.3 Å². The minimum Gasteiger partial charge on any atom is -0.258 e. The summed E-state index contributed by atoms with van der Waals surface area (Å²) in [5.74, 6) is 0.219. The highest BCUT2D eigenvalue weighted by Gasteiger charge is 2.27. The molecule has 112 valence electrons. The van der Waals surface area contributed by atoms with Crippen LogP contribution in [-0.4, -0.2) is 14.7 Å². The predicted molar refractivity (Wildman–Crippen MR) is 83.8 cm³/mol. The van der Waals surface area contributed by atoms with Gasteiger partial charge in [0.2, 0.25) is 5.15 Å². The molecule has 0 bridgehead atoms. The zero-order valence-corrected chi connectivity index (χ0v) is 13.6. The van der Waals surface area contributed by atoms with Gasteiger partial charge in [0, 0.05) is 6.42 Å². The van der Waals surface area contributed by atoms with Crippen molar-refractivity contribution in [1.29, 1.82) is 0 Å². The minimum atomic E-state index is -0.513. The second kappa shape index (κ2) is 6.22. The summed E-state index contributed by atoms with van der Waals surface area (Å²) in [5, 5.41) is 16.1. The van der Waals surface area contributed by atoms with E-state index in [9.17, 15) is 10.1 Å². The van der Waals surface area contributed by atoms with Gasteiger partial charge in [0.25, 0.3) is 0 Å². The summed E-state index contributed by atoms with van der Waals surface area (Å²) in [4.78, 5) is 10.7. The van der Waals surface area contributed by atoms with Crippen molar-refractivity contribution in [2.75, 3.05) is 0 Å². The van der Waals surface area contributed by atoms with Gasteiger partial charge in [-0.25, -0.2) is 4.68 Å². The Balaban J connectivity index is 2.58. The van der Waals surface area contributed by atoms with Crippen molar-refractivity contribution < 1.29 is 4.92 Å². The SMILES string of the molecule is CC(C)Cc1nn(-c2ccc(Cl)c(Cl)c2)c(Cl)c1[N+](=O)[O-]. The fraction of sp³-hybridized carbons (Fsp3) is 0.308. The van der Waals surface area contributed by atoms with E-state index < -0.39 is 4.92 Å². The molecule has 0 N–H and O–H groups in total. The maximum Gasteiger partial charge on any atom is 0.329 e. The molecule has 1 aromatic carbocycles. The highest BCUT2D eigenvalue weighted by molar-refractivity contribution is 6.42. The van der Waals surface area contributed by atoms with Gasteiger partial charge in [-0.1, -0.05) is 48.7 Å². The minimum absolute atomic E-state index is 0.0472. The Morgan fingerprint density at radius 2 is 1.95 bits per heavy atom. The van der Waals surface area contributed by atoms with Crippen molar-refractivity contribution in [2.24, 2.45) is 5.92 Å². The number of benzene rings is 1. The van der Waals surface area contributed by atoms with Crippen molar-refractivity contribution in [3.8, 4) is 5.69 Å². The van der Waals surface area contributed by atoms with Gasteiger partial charge in [-0.15, -0.1) is 0 Å². The summed E-state index contributed by atoms with van der Waals surface area (Å²) in [7, 11) is 0. The number of nitrogens with zero attached hydrogens (tertiary/aromatic N) is 3. The molecule has 0 atom stereocenters. The van der Waals surface area contributed by atoms with E-state index in [4.69, 9.17) is 34.8 Å². The quantitative estimate of drug-likeness (QED) is 0.581. The van der Waals surface area contributed by atoms with Crippen molar-refractivity contribution in [1.82, 2.24) is 9.78 Å². The lowest BCUT2D eigenvalue weighted by Crippen LogP contribution is -2.00. The van der Waals surface area contributed by atoms with E-state index >= 15 is 0 Å². The molecule has 1 heterocycles. The average Bonchev–Trinajstić information content (AvgIpc) is 2.69. The molecule has 2 rings (SSSR count). The molecule has 0 saturated carbocycles. The fourth-order valence-corrected chi connectivity index (χ4v) is 2.53. The van der Waals surface area contributed by atoms with Crippen LogP contribution in [0, 0.1) is 16.0 Å². The smallest absolute Gasteiger partial charge is 0.258 e. The third-order valence-electron chi connectivity index (χ3n) is 2.81. The molecule has 2 aromatic rings. The zero-order valence-electron chi connectivity index (χ0n) is 11.3. The van der Waals surface area contributed by atoms with Crippen LogP contribution in [-0.2, 0) is 6.42 Å². The zero-order chi connectivity index (χ0) is 15.7. The van der Waals surface area contributed by atoms with Gasteiger partial charge in [-0.3, -0.25) is 10.1 Å². The number of hydrogen-bond acceptors (Lipinski definition) is 3. The van der Waals surface area contributed by atoms with E-state index in [0.29, 0.717) is 27.8 Å². The molecule has 5 nitrogen and oxygen atoms in total. The van der Waals surface area contributed by atoms with Gasteiger partial charge in [0.1, 0.15) is 5.69 Å². The number of hydrogen-bond donors (Lipinski definition) is 0. The first kappa shape index (κ1) is 16.1. The first-order chi connectivity index (χ1) is 9.81. The van der Waals surface area contributed by atoms with E-state index in [2.05, 4.69) is 5.10 Å². The van der Waals surface area contributed by atoms with E-state index in [1.165, 1.54) is 4.68 Å². The second-order valence-electron chi connectivity index (χ2n) is 4.95. The van der Waals surface area contributed by atoms with Crippen LogP contribution in [0.5, 0.6) is 0 Å². The van der Waals surface area contributed by atoms with Crippen LogP contribution in [0.15, 0.2) is 18.2 Å². The molecular formula is C13H12Cl3N3O2. The van der Waals surface area contributed by atoms with E-state index in [1.807, 2.05) is 13.8 Å². The van der Waals surface area contributed by atoms with Crippen LogP contribution in [0.4, 0.5) is 5.69 Å². The summed E-state index contributed by atoms with van der Waals surface area (Å²) in [6.07, 6.45) is 0.463. The molecule has 0 saturated heterocycles. The summed E-state index contributed by atoms with van der Waals surface area (Å²) in [6, 6.07) is 4.80. The molecule has 0 aliphatic heterocycles.